The number of ether oxygens (including phenoxy) is 1. The van der Waals surface area contributed by atoms with E-state index in [4.69, 9.17) is 9.84 Å². The smallest absolute Gasteiger partial charge is 0.317 e. The first-order valence-corrected chi connectivity index (χ1v) is 9.43. The highest BCUT2D eigenvalue weighted by molar-refractivity contribution is 5.92. The van der Waals surface area contributed by atoms with Crippen molar-refractivity contribution in [2.75, 3.05) is 26.7 Å². The second kappa shape index (κ2) is 9.32. The number of hydrogen-bond donors (Lipinski definition) is 1. The molecule has 1 N–H and O–H groups in total. The molecule has 0 bridgehead atoms. The number of carboxylic acid groups (broad SMARTS) is 1. The summed E-state index contributed by atoms with van der Waals surface area (Å²) >= 11 is 0. The number of para-hydroxylation sites is 1. The Morgan fingerprint density at radius 2 is 1.96 bits per heavy atom. The van der Waals surface area contributed by atoms with Gasteiger partial charge in [-0.15, -0.1) is 0 Å². The maximum Gasteiger partial charge on any atom is 0.317 e. The first kappa shape index (κ1) is 19.8. The van der Waals surface area contributed by atoms with Crippen molar-refractivity contribution in [3.8, 4) is 11.5 Å². The van der Waals surface area contributed by atoms with Gasteiger partial charge in [0.25, 0.3) is 5.91 Å². The van der Waals surface area contributed by atoms with Gasteiger partial charge in [-0.1, -0.05) is 18.2 Å². The Kier molecular flexibility index (Phi) is 6.60. The Hall–Kier alpha value is -2.93. The molecule has 0 spiro atoms. The van der Waals surface area contributed by atoms with Gasteiger partial charge in [-0.25, -0.2) is 0 Å². The molecule has 1 saturated heterocycles. The van der Waals surface area contributed by atoms with E-state index in [9.17, 15) is 9.59 Å². The molecule has 3 rings (SSSR count). The first-order chi connectivity index (χ1) is 13.5. The second-order valence-corrected chi connectivity index (χ2v) is 6.98. The predicted molar refractivity (Wildman–Crippen MR) is 105 cm³/mol. The van der Waals surface area contributed by atoms with Gasteiger partial charge < -0.3 is 14.7 Å². The Bertz CT molecular complexity index is 812. The van der Waals surface area contributed by atoms with Crippen molar-refractivity contribution < 1.29 is 19.4 Å². The van der Waals surface area contributed by atoms with E-state index in [1.807, 2.05) is 42.3 Å². The maximum atomic E-state index is 12.9. The normalized spacial score (nSPS) is 17.2. The van der Waals surface area contributed by atoms with Crippen LogP contribution < -0.4 is 4.74 Å². The molecule has 1 unspecified atom stereocenters. The molecule has 28 heavy (non-hydrogen) atoms. The zero-order valence-electron chi connectivity index (χ0n) is 16.0. The number of carboxylic acids is 1. The van der Waals surface area contributed by atoms with Gasteiger partial charge in [0.1, 0.15) is 17.2 Å². The summed E-state index contributed by atoms with van der Waals surface area (Å²) in [5, 5.41) is 8.98. The van der Waals surface area contributed by atoms with Gasteiger partial charge in [0, 0.05) is 31.4 Å². The number of hydrogen-bond acceptors (Lipinski definition) is 5. The van der Waals surface area contributed by atoms with E-state index in [1.54, 1.807) is 23.2 Å². The van der Waals surface area contributed by atoms with Crippen LogP contribution in [0.3, 0.4) is 0 Å². The van der Waals surface area contributed by atoms with Crippen LogP contribution in [0.25, 0.3) is 0 Å². The summed E-state index contributed by atoms with van der Waals surface area (Å²) < 4.78 is 5.79. The Morgan fingerprint density at radius 3 is 2.71 bits per heavy atom. The maximum absolute atomic E-state index is 12.9. The molecule has 1 atom stereocenters. The zero-order chi connectivity index (χ0) is 19.9. The third-order valence-electron chi connectivity index (χ3n) is 4.92. The molecule has 7 heteroatoms. The minimum Gasteiger partial charge on any atom is -0.480 e. The number of nitrogens with zero attached hydrogens (tertiary/aromatic N) is 3. The van der Waals surface area contributed by atoms with E-state index in [-0.39, 0.29) is 18.5 Å². The van der Waals surface area contributed by atoms with Crippen molar-refractivity contribution in [3.63, 3.8) is 0 Å². The standard InChI is InChI=1S/C21H25N3O4/c1-23(15-20(25)26)16-6-5-12-24(13-10-16)21(27)19-14-18(9-11-22-19)28-17-7-3-2-4-8-17/h2-4,7-9,11,14,16H,5-6,10,12-13,15H2,1H3,(H,25,26). The molecular weight excluding hydrogens is 358 g/mol. The molecule has 7 nitrogen and oxygen atoms in total. The largest absolute Gasteiger partial charge is 0.480 e. The molecular formula is C21H25N3O4. The van der Waals surface area contributed by atoms with Crippen LogP contribution in [0.2, 0.25) is 0 Å². The van der Waals surface area contributed by atoms with Crippen LogP contribution in [-0.2, 0) is 4.79 Å². The number of aromatic nitrogens is 1. The number of rotatable bonds is 6. The molecule has 1 aromatic carbocycles. The lowest BCUT2D eigenvalue weighted by Crippen LogP contribution is -2.37. The number of aliphatic carboxylic acids is 1. The highest BCUT2D eigenvalue weighted by Gasteiger charge is 2.25. The van der Waals surface area contributed by atoms with Crippen LogP contribution in [0, 0.1) is 0 Å². The molecule has 1 aliphatic heterocycles. The Balaban J connectivity index is 1.64. The Labute approximate surface area is 164 Å². The van der Waals surface area contributed by atoms with Crippen LogP contribution in [-0.4, -0.2) is 64.5 Å². The lowest BCUT2D eigenvalue weighted by Gasteiger charge is -2.25. The third kappa shape index (κ3) is 5.29. The molecule has 1 aromatic heterocycles. The monoisotopic (exact) mass is 383 g/mol. The van der Waals surface area contributed by atoms with Crippen molar-refractivity contribution in [1.82, 2.24) is 14.8 Å². The summed E-state index contributed by atoms with van der Waals surface area (Å²) in [4.78, 5) is 31.7. The summed E-state index contributed by atoms with van der Waals surface area (Å²) in [7, 11) is 1.82. The van der Waals surface area contributed by atoms with Crippen molar-refractivity contribution in [3.05, 3.63) is 54.4 Å². The highest BCUT2D eigenvalue weighted by Crippen LogP contribution is 2.22. The Morgan fingerprint density at radius 1 is 1.18 bits per heavy atom. The van der Waals surface area contributed by atoms with Gasteiger partial charge in [0.2, 0.25) is 0 Å². The molecule has 1 amide bonds. The number of carbonyl (C=O) groups excluding carboxylic acids is 1. The summed E-state index contributed by atoms with van der Waals surface area (Å²) in [6.07, 6.45) is 4.03. The van der Waals surface area contributed by atoms with E-state index >= 15 is 0 Å². The van der Waals surface area contributed by atoms with Crippen LogP contribution in [0.4, 0.5) is 0 Å². The first-order valence-electron chi connectivity index (χ1n) is 9.43. The molecule has 2 aromatic rings. The molecule has 1 aliphatic rings. The van der Waals surface area contributed by atoms with Crippen molar-refractivity contribution in [2.24, 2.45) is 0 Å². The third-order valence-corrected chi connectivity index (χ3v) is 4.92. The van der Waals surface area contributed by atoms with Gasteiger partial charge in [0.05, 0.1) is 6.54 Å². The fourth-order valence-corrected chi connectivity index (χ4v) is 3.44. The minimum atomic E-state index is -0.834. The minimum absolute atomic E-state index is 0.0129. The number of likely N-dealkylation sites (N-methyl/N-ethyl adjacent to an activating group) is 1. The molecule has 0 aliphatic carbocycles. The van der Waals surface area contributed by atoms with Gasteiger partial charge in [-0.2, -0.15) is 0 Å². The highest BCUT2D eigenvalue weighted by atomic mass is 16.5. The quantitative estimate of drug-likeness (QED) is 0.826. The predicted octanol–water partition coefficient (Wildman–Crippen LogP) is 2.89. The fraction of sp³-hybridized carbons (Fsp3) is 0.381. The van der Waals surface area contributed by atoms with Crippen molar-refractivity contribution >= 4 is 11.9 Å². The number of likely N-dealkylation sites (tertiary alicyclic amines) is 1. The molecule has 0 radical (unpaired) electrons. The van der Waals surface area contributed by atoms with Crippen LogP contribution in [0.5, 0.6) is 11.5 Å². The number of amides is 1. The average molecular weight is 383 g/mol. The van der Waals surface area contributed by atoms with Crippen LogP contribution in [0.15, 0.2) is 48.7 Å². The van der Waals surface area contributed by atoms with Gasteiger partial charge in [-0.3, -0.25) is 19.5 Å². The van der Waals surface area contributed by atoms with Gasteiger partial charge >= 0.3 is 5.97 Å². The van der Waals surface area contributed by atoms with Crippen LogP contribution >= 0.6 is 0 Å². The number of benzene rings is 1. The fourth-order valence-electron chi connectivity index (χ4n) is 3.44. The van der Waals surface area contributed by atoms with E-state index in [1.165, 1.54) is 0 Å². The summed E-state index contributed by atoms with van der Waals surface area (Å²) in [5.41, 5.74) is 0.353. The molecule has 2 heterocycles. The second-order valence-electron chi connectivity index (χ2n) is 6.98. The van der Waals surface area contributed by atoms with Crippen LogP contribution in [0.1, 0.15) is 29.8 Å². The summed E-state index contributed by atoms with van der Waals surface area (Å²) in [6.45, 7) is 1.24. The number of pyridine rings is 1. The molecule has 148 valence electrons. The molecule has 1 fully saturated rings. The lowest BCUT2D eigenvalue weighted by atomic mass is 10.1. The van der Waals surface area contributed by atoms with E-state index in [2.05, 4.69) is 4.98 Å². The van der Waals surface area contributed by atoms with Crippen molar-refractivity contribution in [2.45, 2.75) is 25.3 Å². The van der Waals surface area contributed by atoms with Gasteiger partial charge in [0.15, 0.2) is 0 Å². The zero-order valence-corrected chi connectivity index (χ0v) is 16.0. The van der Waals surface area contributed by atoms with Gasteiger partial charge in [-0.05, 0) is 44.5 Å². The van der Waals surface area contributed by atoms with E-state index in [0.717, 1.165) is 19.3 Å². The SMILES string of the molecule is CN(CC(=O)O)C1CCCN(C(=O)c2cc(Oc3ccccc3)ccn2)CC1. The topological polar surface area (TPSA) is 83.0 Å². The summed E-state index contributed by atoms with van der Waals surface area (Å²) in [5.74, 6) is 0.309. The van der Waals surface area contributed by atoms with Crippen molar-refractivity contribution in [1.29, 1.82) is 0 Å². The average Bonchev–Trinajstić information content (AvgIpc) is 2.94. The molecule has 0 saturated carbocycles. The lowest BCUT2D eigenvalue weighted by molar-refractivity contribution is -0.138. The summed E-state index contributed by atoms with van der Waals surface area (Å²) in [6, 6.07) is 12.9. The van der Waals surface area contributed by atoms with E-state index in [0.29, 0.717) is 30.3 Å². The number of carbonyl (C=O) groups is 2. The van der Waals surface area contributed by atoms with E-state index < -0.39 is 5.97 Å².